The zero-order chi connectivity index (χ0) is 12.9. The molecule has 0 radical (unpaired) electrons. The fourth-order valence-corrected chi connectivity index (χ4v) is 1.25. The number of carbonyl (C=O) groups is 1. The van der Waals surface area contributed by atoms with Crippen molar-refractivity contribution < 1.29 is 19.4 Å². The number of methoxy groups -OCH3 is 2. The highest BCUT2D eigenvalue weighted by atomic mass is 16.5. The Kier molecular flexibility index (Phi) is 11.3. The summed E-state index contributed by atoms with van der Waals surface area (Å²) in [4.78, 5) is 11.3. The molecule has 0 aliphatic carbocycles. The van der Waals surface area contributed by atoms with Gasteiger partial charge in [0.15, 0.2) is 0 Å². The number of carbonyl (C=O) groups excluding carboxylic acids is 1. The lowest BCUT2D eigenvalue weighted by Crippen LogP contribution is -2.36. The highest BCUT2D eigenvalue weighted by molar-refractivity contribution is 5.77. The fourth-order valence-electron chi connectivity index (χ4n) is 1.25. The maximum atomic E-state index is 11.3. The molecule has 0 rings (SSSR count). The minimum atomic E-state index is -0.475. The molecule has 0 heterocycles. The van der Waals surface area contributed by atoms with Crippen LogP contribution in [0.5, 0.6) is 0 Å². The highest BCUT2D eigenvalue weighted by Gasteiger charge is 2.03. The third-order valence-corrected chi connectivity index (χ3v) is 2.15. The summed E-state index contributed by atoms with van der Waals surface area (Å²) in [5, 5.41) is 15.1. The molecule has 0 aromatic carbocycles. The number of ether oxygens (including phenoxy) is 2. The first kappa shape index (κ1) is 16.3. The highest BCUT2D eigenvalue weighted by Crippen LogP contribution is 1.89. The Labute approximate surface area is 103 Å². The van der Waals surface area contributed by atoms with Crippen LogP contribution in [0.25, 0.3) is 0 Å². The number of nitrogens with one attached hydrogen (secondary N) is 2. The van der Waals surface area contributed by atoms with E-state index in [1.165, 1.54) is 0 Å². The van der Waals surface area contributed by atoms with Crippen LogP contribution in [0.15, 0.2) is 0 Å². The van der Waals surface area contributed by atoms with E-state index >= 15 is 0 Å². The molecule has 0 fully saturated rings. The lowest BCUT2D eigenvalue weighted by atomic mass is 10.2. The Bertz CT molecular complexity index is 190. The van der Waals surface area contributed by atoms with Gasteiger partial charge in [-0.2, -0.15) is 0 Å². The summed E-state index contributed by atoms with van der Waals surface area (Å²) in [5.41, 5.74) is 0. The van der Waals surface area contributed by atoms with E-state index in [0.717, 1.165) is 6.42 Å². The third kappa shape index (κ3) is 11.6. The first-order valence-electron chi connectivity index (χ1n) is 5.84. The average molecular weight is 248 g/mol. The van der Waals surface area contributed by atoms with E-state index in [4.69, 9.17) is 9.47 Å². The molecule has 6 nitrogen and oxygen atoms in total. The van der Waals surface area contributed by atoms with Gasteiger partial charge < -0.3 is 25.2 Å². The summed E-state index contributed by atoms with van der Waals surface area (Å²) >= 11 is 0. The first-order chi connectivity index (χ1) is 8.20. The normalized spacial score (nSPS) is 12.4. The van der Waals surface area contributed by atoms with E-state index in [1.807, 2.05) is 0 Å². The van der Waals surface area contributed by atoms with Gasteiger partial charge in [0.1, 0.15) is 0 Å². The van der Waals surface area contributed by atoms with E-state index < -0.39 is 6.10 Å². The Morgan fingerprint density at radius 3 is 2.71 bits per heavy atom. The molecule has 0 aliphatic rings. The van der Waals surface area contributed by atoms with E-state index in [0.29, 0.717) is 32.7 Å². The number of hydrogen-bond acceptors (Lipinski definition) is 5. The number of aliphatic hydroxyl groups is 1. The van der Waals surface area contributed by atoms with Gasteiger partial charge in [0, 0.05) is 27.4 Å². The molecule has 0 aromatic rings. The summed E-state index contributed by atoms with van der Waals surface area (Å²) < 4.78 is 9.65. The van der Waals surface area contributed by atoms with Crippen molar-refractivity contribution in [1.29, 1.82) is 0 Å². The van der Waals surface area contributed by atoms with Crippen LogP contribution < -0.4 is 10.6 Å². The van der Waals surface area contributed by atoms with Gasteiger partial charge in [-0.15, -0.1) is 0 Å². The molecule has 1 atom stereocenters. The summed E-state index contributed by atoms with van der Waals surface area (Å²) in [6.07, 6.45) is 0.914. The lowest BCUT2D eigenvalue weighted by molar-refractivity contribution is -0.120. The van der Waals surface area contributed by atoms with Crippen molar-refractivity contribution in [3.8, 4) is 0 Å². The lowest BCUT2D eigenvalue weighted by Gasteiger charge is -2.10. The number of aliphatic hydroxyl groups excluding tert-OH is 1. The molecular weight excluding hydrogens is 224 g/mol. The third-order valence-electron chi connectivity index (χ3n) is 2.15. The monoisotopic (exact) mass is 248 g/mol. The van der Waals surface area contributed by atoms with Gasteiger partial charge in [-0.3, -0.25) is 4.79 Å². The summed E-state index contributed by atoms with van der Waals surface area (Å²) in [6.45, 7) is 2.46. The van der Waals surface area contributed by atoms with E-state index in [-0.39, 0.29) is 12.5 Å². The Balaban J connectivity index is 3.27. The average Bonchev–Trinajstić information content (AvgIpc) is 2.31. The van der Waals surface area contributed by atoms with Crippen molar-refractivity contribution >= 4 is 5.91 Å². The van der Waals surface area contributed by atoms with E-state index in [9.17, 15) is 9.90 Å². The molecule has 1 amide bonds. The second kappa shape index (κ2) is 11.8. The molecular formula is C11H24N2O4. The van der Waals surface area contributed by atoms with Crippen LogP contribution in [0.4, 0.5) is 0 Å². The summed E-state index contributed by atoms with van der Waals surface area (Å²) in [6, 6.07) is 0. The van der Waals surface area contributed by atoms with Crippen molar-refractivity contribution in [2.45, 2.75) is 18.9 Å². The molecule has 0 aliphatic heterocycles. The predicted molar refractivity (Wildman–Crippen MR) is 64.9 cm³/mol. The molecule has 17 heavy (non-hydrogen) atoms. The van der Waals surface area contributed by atoms with Crippen LogP contribution in [-0.2, 0) is 14.3 Å². The number of amides is 1. The Morgan fingerprint density at radius 2 is 2.06 bits per heavy atom. The fraction of sp³-hybridized carbons (Fsp3) is 0.909. The van der Waals surface area contributed by atoms with Crippen LogP contribution in [0.2, 0.25) is 0 Å². The van der Waals surface area contributed by atoms with Gasteiger partial charge in [0.2, 0.25) is 5.91 Å². The molecule has 0 saturated carbocycles. The molecule has 0 bridgehead atoms. The van der Waals surface area contributed by atoms with Gasteiger partial charge in [0.25, 0.3) is 0 Å². The van der Waals surface area contributed by atoms with Crippen molar-refractivity contribution in [1.82, 2.24) is 10.6 Å². The number of rotatable bonds is 11. The van der Waals surface area contributed by atoms with Crippen LogP contribution >= 0.6 is 0 Å². The van der Waals surface area contributed by atoms with E-state index in [1.54, 1.807) is 14.2 Å². The van der Waals surface area contributed by atoms with Crippen molar-refractivity contribution in [2.75, 3.05) is 47.1 Å². The SMILES string of the molecule is COCCCNC(=O)CNCCC(O)COC. The maximum absolute atomic E-state index is 11.3. The first-order valence-corrected chi connectivity index (χ1v) is 5.84. The van der Waals surface area contributed by atoms with Crippen molar-refractivity contribution in [2.24, 2.45) is 0 Å². The molecule has 0 spiro atoms. The summed E-state index contributed by atoms with van der Waals surface area (Å²) in [5.74, 6) is -0.0395. The van der Waals surface area contributed by atoms with Crippen LogP contribution in [-0.4, -0.2) is 64.2 Å². The van der Waals surface area contributed by atoms with Crippen LogP contribution in [0.3, 0.4) is 0 Å². The van der Waals surface area contributed by atoms with Crippen molar-refractivity contribution in [3.05, 3.63) is 0 Å². The van der Waals surface area contributed by atoms with Crippen LogP contribution in [0, 0.1) is 0 Å². The van der Waals surface area contributed by atoms with Gasteiger partial charge >= 0.3 is 0 Å². The second-order valence-electron chi connectivity index (χ2n) is 3.77. The topological polar surface area (TPSA) is 79.8 Å². The van der Waals surface area contributed by atoms with Crippen LogP contribution in [0.1, 0.15) is 12.8 Å². The predicted octanol–water partition coefficient (Wildman–Crippen LogP) is -0.874. The minimum Gasteiger partial charge on any atom is -0.391 e. The molecule has 3 N–H and O–H groups in total. The van der Waals surface area contributed by atoms with Gasteiger partial charge in [-0.25, -0.2) is 0 Å². The van der Waals surface area contributed by atoms with Gasteiger partial charge in [-0.05, 0) is 19.4 Å². The largest absolute Gasteiger partial charge is 0.391 e. The Morgan fingerprint density at radius 1 is 1.29 bits per heavy atom. The minimum absolute atomic E-state index is 0.0395. The standard InChI is InChI=1S/C11H24N2O4/c1-16-7-3-5-13-11(15)8-12-6-4-10(14)9-17-2/h10,12,14H,3-9H2,1-2H3,(H,13,15). The smallest absolute Gasteiger partial charge is 0.233 e. The van der Waals surface area contributed by atoms with Gasteiger partial charge in [0.05, 0.1) is 19.3 Å². The molecule has 0 saturated heterocycles. The zero-order valence-electron chi connectivity index (χ0n) is 10.7. The summed E-state index contributed by atoms with van der Waals surface area (Å²) in [7, 11) is 3.18. The zero-order valence-corrected chi connectivity index (χ0v) is 10.7. The molecule has 0 aromatic heterocycles. The molecule has 6 heteroatoms. The number of hydrogen-bond donors (Lipinski definition) is 3. The maximum Gasteiger partial charge on any atom is 0.233 e. The Hall–Kier alpha value is -0.690. The quantitative estimate of drug-likeness (QED) is 0.414. The van der Waals surface area contributed by atoms with Gasteiger partial charge in [-0.1, -0.05) is 0 Å². The molecule has 102 valence electrons. The second-order valence-corrected chi connectivity index (χ2v) is 3.77. The van der Waals surface area contributed by atoms with E-state index in [2.05, 4.69) is 10.6 Å². The molecule has 1 unspecified atom stereocenters. The van der Waals surface area contributed by atoms with Crippen molar-refractivity contribution in [3.63, 3.8) is 0 Å².